The largest absolute Gasteiger partial charge is 0.319 e. The predicted molar refractivity (Wildman–Crippen MR) is 385 cm³/mol. The standard InChI is InChI=1S/C80H148NO2P/c1-9-13-17-21-25-29-33-37-41-45-49-53-57-61-65-69-73-79(74-70-66-62-58-54-50-46-42-38-34-30-26-22-18-14-10-2)82-84(81(77(5)6)78(7)8)83-80(75-71-67-63-59-55-51-47-43-39-35-31-27-23-19-15-11-3)76-72-68-64-60-56-52-48-44-40-36-32-28-24-20-16-12-4/h25-32,37-44,77-80H,9-24,33-36,45-76H2,1-8H3/b29-25-,30-26-,31-27-,32-28-,41-37-,42-38-,43-39-,44-40-. The van der Waals surface area contributed by atoms with E-state index < -0.39 is 8.53 Å². The van der Waals surface area contributed by atoms with E-state index in [9.17, 15) is 0 Å². The maximum atomic E-state index is 7.51. The molecule has 0 N–H and O–H groups in total. The van der Waals surface area contributed by atoms with E-state index in [1.165, 1.54) is 308 Å². The van der Waals surface area contributed by atoms with Gasteiger partial charge in [-0.15, -0.1) is 0 Å². The van der Waals surface area contributed by atoms with E-state index >= 15 is 0 Å². The molecule has 0 radical (unpaired) electrons. The Morgan fingerprint density at radius 3 is 0.607 bits per heavy atom. The van der Waals surface area contributed by atoms with Gasteiger partial charge in [0, 0.05) is 12.1 Å². The van der Waals surface area contributed by atoms with Crippen molar-refractivity contribution in [2.45, 2.75) is 414 Å². The zero-order valence-corrected chi connectivity index (χ0v) is 58.9. The third-order valence-electron chi connectivity index (χ3n) is 16.6. The first kappa shape index (κ1) is 82.2. The highest BCUT2D eigenvalue weighted by Gasteiger charge is 2.32. The molecule has 0 atom stereocenters. The fraction of sp³-hybridized carbons (Fsp3) is 0.800. The topological polar surface area (TPSA) is 21.7 Å². The second kappa shape index (κ2) is 70.3. The molecule has 0 aromatic rings. The van der Waals surface area contributed by atoms with Crippen LogP contribution in [0.5, 0.6) is 0 Å². The fourth-order valence-corrected chi connectivity index (χ4v) is 13.3. The Bertz CT molecular complexity index is 1310. The van der Waals surface area contributed by atoms with Crippen molar-refractivity contribution in [2.24, 2.45) is 0 Å². The minimum Gasteiger partial charge on any atom is -0.319 e. The average molecular weight is 1190 g/mol. The highest BCUT2D eigenvalue weighted by molar-refractivity contribution is 7.44. The van der Waals surface area contributed by atoms with Crippen LogP contribution in [0.3, 0.4) is 0 Å². The fourth-order valence-electron chi connectivity index (χ4n) is 11.3. The summed E-state index contributed by atoms with van der Waals surface area (Å²) in [7, 11) is -1.17. The molecule has 84 heavy (non-hydrogen) atoms. The molecule has 0 aromatic heterocycles. The monoisotopic (exact) mass is 1190 g/mol. The molecule has 0 aliphatic rings. The van der Waals surface area contributed by atoms with Gasteiger partial charge in [-0.2, -0.15) is 0 Å². The average Bonchev–Trinajstić information content (AvgIpc) is 3.68. The lowest BCUT2D eigenvalue weighted by Crippen LogP contribution is -2.35. The number of unbranched alkanes of at least 4 members (excludes halogenated alkanes) is 36. The lowest BCUT2D eigenvalue weighted by Gasteiger charge is -2.39. The Kier molecular flexibility index (Phi) is 68.8. The molecule has 490 valence electrons. The van der Waals surface area contributed by atoms with Gasteiger partial charge in [-0.3, -0.25) is 0 Å². The lowest BCUT2D eigenvalue weighted by molar-refractivity contribution is 0.0832. The Morgan fingerprint density at radius 2 is 0.417 bits per heavy atom. The van der Waals surface area contributed by atoms with Crippen molar-refractivity contribution in [3.63, 3.8) is 0 Å². The van der Waals surface area contributed by atoms with Gasteiger partial charge in [0.1, 0.15) is 0 Å². The van der Waals surface area contributed by atoms with Gasteiger partial charge in [0.25, 0.3) is 8.53 Å². The van der Waals surface area contributed by atoms with E-state index in [0.29, 0.717) is 12.1 Å². The van der Waals surface area contributed by atoms with Crippen LogP contribution in [0.25, 0.3) is 0 Å². The summed E-state index contributed by atoms with van der Waals surface area (Å²) < 4.78 is 17.6. The van der Waals surface area contributed by atoms with Gasteiger partial charge in [-0.25, -0.2) is 4.67 Å². The number of hydrogen-bond donors (Lipinski definition) is 0. The van der Waals surface area contributed by atoms with E-state index in [1.807, 2.05) is 0 Å². The van der Waals surface area contributed by atoms with E-state index in [0.717, 1.165) is 25.7 Å². The smallest absolute Gasteiger partial charge is 0.259 e. The van der Waals surface area contributed by atoms with Crippen LogP contribution in [0.2, 0.25) is 0 Å². The molecule has 3 nitrogen and oxygen atoms in total. The summed E-state index contributed by atoms with van der Waals surface area (Å²) >= 11 is 0. The Hall–Kier alpha value is -1.77. The van der Waals surface area contributed by atoms with Crippen molar-refractivity contribution in [3.05, 3.63) is 97.2 Å². The Labute approximate surface area is 530 Å². The molecular formula is C80H148NO2P. The molecule has 0 saturated carbocycles. The lowest BCUT2D eigenvalue weighted by atomic mass is 10.0. The van der Waals surface area contributed by atoms with Crippen LogP contribution in [-0.2, 0) is 9.05 Å². The number of rotatable bonds is 67. The summed E-state index contributed by atoms with van der Waals surface area (Å²) in [6, 6.07) is 0.759. The summed E-state index contributed by atoms with van der Waals surface area (Å²) in [4.78, 5) is 0. The second-order valence-electron chi connectivity index (χ2n) is 25.8. The van der Waals surface area contributed by atoms with Crippen molar-refractivity contribution in [1.82, 2.24) is 4.67 Å². The van der Waals surface area contributed by atoms with Crippen LogP contribution in [0.1, 0.15) is 389 Å². The van der Waals surface area contributed by atoms with Crippen molar-refractivity contribution in [3.8, 4) is 0 Å². The van der Waals surface area contributed by atoms with Crippen LogP contribution < -0.4 is 0 Å². The molecule has 0 fully saturated rings. The molecule has 0 unspecified atom stereocenters. The summed E-state index contributed by atoms with van der Waals surface area (Å²) in [5.74, 6) is 0. The van der Waals surface area contributed by atoms with Crippen molar-refractivity contribution >= 4 is 8.53 Å². The second-order valence-corrected chi connectivity index (χ2v) is 27.1. The maximum absolute atomic E-state index is 7.51. The summed E-state index contributed by atoms with van der Waals surface area (Å²) in [5, 5.41) is 0. The molecule has 0 saturated heterocycles. The van der Waals surface area contributed by atoms with E-state index in [-0.39, 0.29) is 12.2 Å². The molecular weight excluding hydrogens is 1040 g/mol. The van der Waals surface area contributed by atoms with Crippen LogP contribution in [0.15, 0.2) is 97.2 Å². The highest BCUT2D eigenvalue weighted by atomic mass is 31.2. The number of hydrogen-bond acceptors (Lipinski definition) is 3. The predicted octanol–water partition coefficient (Wildman–Crippen LogP) is 28.9. The highest BCUT2D eigenvalue weighted by Crippen LogP contribution is 2.50. The van der Waals surface area contributed by atoms with Crippen LogP contribution in [-0.4, -0.2) is 29.0 Å². The molecule has 0 heterocycles. The van der Waals surface area contributed by atoms with Gasteiger partial charge in [0.15, 0.2) is 0 Å². The molecule has 0 aliphatic heterocycles. The molecule has 0 aliphatic carbocycles. The molecule has 0 rings (SSSR count). The van der Waals surface area contributed by atoms with Gasteiger partial charge < -0.3 is 9.05 Å². The van der Waals surface area contributed by atoms with Crippen LogP contribution in [0.4, 0.5) is 0 Å². The zero-order valence-electron chi connectivity index (χ0n) is 58.0. The molecule has 4 heteroatoms. The van der Waals surface area contributed by atoms with Crippen LogP contribution >= 0.6 is 8.53 Å². The van der Waals surface area contributed by atoms with E-state index in [2.05, 4.69) is 157 Å². The first-order chi connectivity index (χ1) is 41.4. The maximum Gasteiger partial charge on any atom is 0.259 e. The first-order valence-corrected chi connectivity index (χ1v) is 38.7. The van der Waals surface area contributed by atoms with Crippen LogP contribution in [0, 0.1) is 0 Å². The third-order valence-corrected chi connectivity index (χ3v) is 18.9. The molecule has 0 amide bonds. The number of allylic oxidation sites excluding steroid dienone is 16. The third kappa shape index (κ3) is 61.9. The van der Waals surface area contributed by atoms with Crippen molar-refractivity contribution in [1.29, 1.82) is 0 Å². The SMILES string of the molecule is CCCCC/C=C\C/C=C\CCCCCCCCC(CCCCCCCC/C=C\C/C=C\CCCCC)OP(OC(CCCCCCCC/C=C\C/C=C\CCCCC)CCCCCCCC/C=C\C/C=C\CCCCC)N(C(C)C)C(C)C. The summed E-state index contributed by atoms with van der Waals surface area (Å²) in [6.45, 7) is 18.6. The molecule has 0 bridgehead atoms. The van der Waals surface area contributed by atoms with Gasteiger partial charge in [-0.05, 0) is 182 Å². The van der Waals surface area contributed by atoms with E-state index in [1.54, 1.807) is 0 Å². The molecule has 0 spiro atoms. The molecule has 0 aromatic carbocycles. The number of nitrogens with zero attached hydrogens (tertiary/aromatic N) is 1. The van der Waals surface area contributed by atoms with Crippen molar-refractivity contribution < 1.29 is 9.05 Å². The zero-order chi connectivity index (χ0) is 61.0. The van der Waals surface area contributed by atoms with Gasteiger partial charge in [0.2, 0.25) is 0 Å². The summed E-state index contributed by atoms with van der Waals surface area (Å²) in [5.41, 5.74) is 0. The van der Waals surface area contributed by atoms with E-state index in [4.69, 9.17) is 9.05 Å². The minimum absolute atomic E-state index is 0.275. The summed E-state index contributed by atoms with van der Waals surface area (Å²) in [6.07, 6.45) is 106. The van der Waals surface area contributed by atoms with Crippen molar-refractivity contribution in [2.75, 3.05) is 0 Å². The minimum atomic E-state index is -1.17. The normalized spacial score (nSPS) is 13.0. The quantitative estimate of drug-likeness (QED) is 0.0344. The van der Waals surface area contributed by atoms with Gasteiger partial charge in [0.05, 0.1) is 12.2 Å². The van der Waals surface area contributed by atoms with Gasteiger partial charge >= 0.3 is 0 Å². The van der Waals surface area contributed by atoms with Gasteiger partial charge in [-0.1, -0.05) is 305 Å². The Balaban J connectivity index is 5.71. The first-order valence-electron chi connectivity index (χ1n) is 37.5. The Morgan fingerprint density at radius 1 is 0.238 bits per heavy atom.